The highest BCUT2D eigenvalue weighted by atomic mass is 32.1. The Morgan fingerprint density at radius 1 is 1.43 bits per heavy atom. The molecule has 1 aliphatic heterocycles. The second kappa shape index (κ2) is 7.52. The van der Waals surface area contributed by atoms with Gasteiger partial charge in [0.05, 0.1) is 6.04 Å². The fourth-order valence-electron chi connectivity index (χ4n) is 2.76. The van der Waals surface area contributed by atoms with Gasteiger partial charge in [-0.1, -0.05) is 6.07 Å². The molecule has 3 heterocycles. The lowest BCUT2D eigenvalue weighted by Gasteiger charge is -2.23. The Morgan fingerprint density at radius 2 is 2.35 bits per heavy atom. The highest BCUT2D eigenvalue weighted by Crippen LogP contribution is 2.20. The van der Waals surface area contributed by atoms with Crippen molar-refractivity contribution in [2.24, 2.45) is 5.92 Å². The zero-order chi connectivity index (χ0) is 16.1. The molecule has 1 saturated heterocycles. The van der Waals surface area contributed by atoms with Gasteiger partial charge in [-0.3, -0.25) is 9.69 Å². The van der Waals surface area contributed by atoms with Crippen molar-refractivity contribution < 1.29 is 4.79 Å². The Kier molecular flexibility index (Phi) is 5.19. The van der Waals surface area contributed by atoms with E-state index in [4.69, 9.17) is 0 Å². The van der Waals surface area contributed by atoms with E-state index in [0.717, 1.165) is 31.9 Å². The Balaban J connectivity index is 1.46. The number of nitrogens with zero attached hydrogens (tertiary/aromatic N) is 3. The summed E-state index contributed by atoms with van der Waals surface area (Å²) in [5.41, 5.74) is 0. The Labute approximate surface area is 140 Å². The molecule has 1 amide bonds. The highest BCUT2D eigenvalue weighted by molar-refractivity contribution is 7.13. The summed E-state index contributed by atoms with van der Waals surface area (Å²) < 4.78 is 0. The number of likely N-dealkylation sites (tertiary alicyclic amines) is 1. The number of thiazole rings is 1. The van der Waals surface area contributed by atoms with Crippen LogP contribution in [0.5, 0.6) is 0 Å². The van der Waals surface area contributed by atoms with Gasteiger partial charge in [0.15, 0.2) is 5.13 Å². The fourth-order valence-corrected chi connectivity index (χ4v) is 3.29. The summed E-state index contributed by atoms with van der Waals surface area (Å²) in [6.07, 6.45) is 4.57. The third-order valence-electron chi connectivity index (χ3n) is 4.14. The molecule has 0 unspecified atom stereocenters. The molecular formula is C16H21N5OS. The second-order valence-corrected chi connectivity index (χ2v) is 6.64. The lowest BCUT2D eigenvalue weighted by atomic mass is 10.1. The zero-order valence-electron chi connectivity index (χ0n) is 13.1. The first-order valence-electron chi connectivity index (χ1n) is 7.81. The van der Waals surface area contributed by atoms with Gasteiger partial charge in [0.1, 0.15) is 5.82 Å². The van der Waals surface area contributed by atoms with E-state index in [-0.39, 0.29) is 11.9 Å². The average molecular weight is 331 g/mol. The molecule has 2 aromatic heterocycles. The first-order chi connectivity index (χ1) is 11.2. The van der Waals surface area contributed by atoms with Crippen LogP contribution in [0.15, 0.2) is 36.0 Å². The third kappa shape index (κ3) is 4.27. The monoisotopic (exact) mass is 331 g/mol. The van der Waals surface area contributed by atoms with Crippen LogP contribution < -0.4 is 10.6 Å². The molecule has 7 heteroatoms. The SMILES string of the molecule is C[C@H](C(=O)Nc1nccs1)N1CC[C@H](CNc2ccccn2)C1. The minimum Gasteiger partial charge on any atom is -0.370 e. The van der Waals surface area contributed by atoms with Gasteiger partial charge in [0.25, 0.3) is 0 Å². The van der Waals surface area contributed by atoms with E-state index >= 15 is 0 Å². The molecule has 6 nitrogen and oxygen atoms in total. The number of nitrogens with one attached hydrogen (secondary N) is 2. The predicted octanol–water partition coefficient (Wildman–Crippen LogP) is 2.30. The van der Waals surface area contributed by atoms with Gasteiger partial charge < -0.3 is 10.6 Å². The molecule has 122 valence electrons. The van der Waals surface area contributed by atoms with E-state index in [1.807, 2.05) is 30.5 Å². The van der Waals surface area contributed by atoms with Crippen molar-refractivity contribution >= 4 is 28.2 Å². The maximum atomic E-state index is 12.3. The van der Waals surface area contributed by atoms with Gasteiger partial charge in [-0.15, -0.1) is 11.3 Å². The molecule has 0 saturated carbocycles. The van der Waals surface area contributed by atoms with Gasteiger partial charge in [-0.2, -0.15) is 0 Å². The molecule has 2 atom stereocenters. The topological polar surface area (TPSA) is 70.2 Å². The summed E-state index contributed by atoms with van der Waals surface area (Å²) in [7, 11) is 0. The number of hydrogen-bond donors (Lipinski definition) is 2. The summed E-state index contributed by atoms with van der Waals surface area (Å²) in [6, 6.07) is 5.71. The molecular weight excluding hydrogens is 310 g/mol. The van der Waals surface area contributed by atoms with Crippen LogP contribution in [-0.2, 0) is 4.79 Å². The first kappa shape index (κ1) is 15.9. The summed E-state index contributed by atoms with van der Waals surface area (Å²) in [5, 5.41) is 8.76. The third-order valence-corrected chi connectivity index (χ3v) is 4.83. The number of hydrogen-bond acceptors (Lipinski definition) is 6. The quantitative estimate of drug-likeness (QED) is 0.850. The van der Waals surface area contributed by atoms with Gasteiger partial charge in [-0.25, -0.2) is 9.97 Å². The van der Waals surface area contributed by atoms with Crippen LogP contribution in [0.2, 0.25) is 0 Å². The van der Waals surface area contributed by atoms with E-state index in [2.05, 4.69) is 25.5 Å². The molecule has 2 aromatic rings. The molecule has 2 N–H and O–H groups in total. The van der Waals surface area contributed by atoms with Crippen LogP contribution in [-0.4, -0.2) is 46.5 Å². The number of anilines is 2. The van der Waals surface area contributed by atoms with Gasteiger partial charge in [0, 0.05) is 30.9 Å². The Morgan fingerprint density at radius 3 is 3.09 bits per heavy atom. The number of aromatic nitrogens is 2. The molecule has 3 rings (SSSR count). The van der Waals surface area contributed by atoms with Crippen molar-refractivity contribution in [1.29, 1.82) is 0 Å². The van der Waals surface area contributed by atoms with Crippen molar-refractivity contribution in [3.05, 3.63) is 36.0 Å². The van der Waals surface area contributed by atoms with Crippen LogP contribution in [0.3, 0.4) is 0 Å². The van der Waals surface area contributed by atoms with Crippen LogP contribution in [0, 0.1) is 5.92 Å². The zero-order valence-corrected chi connectivity index (χ0v) is 13.9. The predicted molar refractivity (Wildman–Crippen MR) is 92.6 cm³/mol. The first-order valence-corrected chi connectivity index (χ1v) is 8.69. The van der Waals surface area contributed by atoms with Gasteiger partial charge in [-0.05, 0) is 37.9 Å². The van der Waals surface area contributed by atoms with Gasteiger partial charge in [0.2, 0.25) is 5.91 Å². The molecule has 23 heavy (non-hydrogen) atoms. The highest BCUT2D eigenvalue weighted by Gasteiger charge is 2.29. The minimum absolute atomic E-state index is 0.0123. The summed E-state index contributed by atoms with van der Waals surface area (Å²) >= 11 is 1.44. The van der Waals surface area contributed by atoms with E-state index in [1.165, 1.54) is 11.3 Å². The molecule has 0 aromatic carbocycles. The van der Waals surface area contributed by atoms with Crippen molar-refractivity contribution in [3.8, 4) is 0 Å². The van der Waals surface area contributed by atoms with Gasteiger partial charge >= 0.3 is 0 Å². The van der Waals surface area contributed by atoms with Crippen molar-refractivity contribution in [2.45, 2.75) is 19.4 Å². The molecule has 0 aliphatic carbocycles. The number of pyridine rings is 1. The summed E-state index contributed by atoms with van der Waals surface area (Å²) in [5.74, 6) is 1.45. The standard InChI is InChI=1S/C16H21N5OS/c1-12(15(22)20-16-18-7-9-23-16)21-8-5-13(11-21)10-19-14-4-2-3-6-17-14/h2-4,6-7,9,12-13H,5,8,10-11H2,1H3,(H,17,19)(H,18,20,22)/t12-,13-/m1/s1. The van der Waals surface area contributed by atoms with Crippen molar-refractivity contribution in [2.75, 3.05) is 30.3 Å². The van der Waals surface area contributed by atoms with Crippen LogP contribution in [0.25, 0.3) is 0 Å². The van der Waals surface area contributed by atoms with Crippen molar-refractivity contribution in [3.63, 3.8) is 0 Å². The molecule has 0 radical (unpaired) electrons. The van der Waals surface area contributed by atoms with E-state index in [0.29, 0.717) is 11.0 Å². The molecule has 1 aliphatic rings. The molecule has 1 fully saturated rings. The largest absolute Gasteiger partial charge is 0.370 e. The number of amides is 1. The number of carbonyl (C=O) groups excluding carboxylic acids is 1. The normalized spacial score (nSPS) is 19.4. The van der Waals surface area contributed by atoms with Crippen LogP contribution in [0.1, 0.15) is 13.3 Å². The Hall–Kier alpha value is -1.99. The van der Waals surface area contributed by atoms with Crippen LogP contribution in [0.4, 0.5) is 10.9 Å². The smallest absolute Gasteiger partial charge is 0.243 e. The number of carbonyl (C=O) groups is 1. The maximum Gasteiger partial charge on any atom is 0.243 e. The van der Waals surface area contributed by atoms with Crippen LogP contribution >= 0.6 is 11.3 Å². The lowest BCUT2D eigenvalue weighted by Crippen LogP contribution is -2.41. The maximum absolute atomic E-state index is 12.3. The summed E-state index contributed by atoms with van der Waals surface area (Å²) in [4.78, 5) is 22.9. The molecule has 0 bridgehead atoms. The average Bonchev–Trinajstić information content (AvgIpc) is 3.25. The van der Waals surface area contributed by atoms with E-state index in [9.17, 15) is 4.79 Å². The van der Waals surface area contributed by atoms with E-state index < -0.39 is 0 Å². The fraction of sp³-hybridized carbons (Fsp3) is 0.438. The summed E-state index contributed by atoms with van der Waals surface area (Å²) in [6.45, 7) is 4.71. The molecule has 0 spiro atoms. The number of rotatable bonds is 6. The van der Waals surface area contributed by atoms with Crippen molar-refractivity contribution in [1.82, 2.24) is 14.9 Å². The second-order valence-electron chi connectivity index (χ2n) is 5.75. The minimum atomic E-state index is -0.140. The van der Waals surface area contributed by atoms with E-state index in [1.54, 1.807) is 12.4 Å². The lowest BCUT2D eigenvalue weighted by molar-refractivity contribution is -0.120. The Bertz CT molecular complexity index is 619.